The van der Waals surface area contributed by atoms with Crippen LogP contribution in [0.1, 0.15) is 45.5 Å². The van der Waals surface area contributed by atoms with E-state index >= 15 is 0 Å². The summed E-state index contributed by atoms with van der Waals surface area (Å²) in [4.78, 5) is 6.72. The van der Waals surface area contributed by atoms with Crippen LogP contribution in [0.4, 0.5) is 0 Å². The second kappa shape index (κ2) is 6.14. The van der Waals surface area contributed by atoms with E-state index in [2.05, 4.69) is 40.9 Å². The van der Waals surface area contributed by atoms with Gasteiger partial charge >= 0.3 is 0 Å². The molecular weight excluding hydrogens is 242 g/mol. The third-order valence-corrected chi connectivity index (χ3v) is 3.76. The van der Waals surface area contributed by atoms with Crippen molar-refractivity contribution in [3.63, 3.8) is 0 Å². The minimum Gasteiger partial charge on any atom is -0.411 e. The van der Waals surface area contributed by atoms with Crippen LogP contribution < -0.4 is 0 Å². The second-order valence-electron chi connectivity index (χ2n) is 5.40. The molecule has 1 aromatic rings. The van der Waals surface area contributed by atoms with E-state index < -0.39 is 0 Å². The van der Waals surface area contributed by atoms with E-state index in [1.54, 1.807) is 6.33 Å². The molecule has 6 nitrogen and oxygen atoms in total. The van der Waals surface area contributed by atoms with Crippen LogP contribution in [0.25, 0.3) is 0 Å². The molecule has 1 aliphatic rings. The van der Waals surface area contributed by atoms with Crippen molar-refractivity contribution in [3.05, 3.63) is 12.2 Å². The number of rotatable bonds is 4. The van der Waals surface area contributed by atoms with Crippen molar-refractivity contribution < 1.29 is 5.21 Å². The highest BCUT2D eigenvalue weighted by atomic mass is 16.4. The molecular formula is C13H23N5O. The van der Waals surface area contributed by atoms with Crippen LogP contribution in [0.15, 0.2) is 11.5 Å². The first-order valence-electron chi connectivity index (χ1n) is 6.97. The predicted molar refractivity (Wildman–Crippen MR) is 73.3 cm³/mol. The van der Waals surface area contributed by atoms with E-state index in [-0.39, 0.29) is 0 Å². The normalized spacial score (nSPS) is 23.4. The first-order chi connectivity index (χ1) is 9.15. The molecule has 2 rings (SSSR count). The van der Waals surface area contributed by atoms with Crippen LogP contribution in [-0.4, -0.2) is 43.7 Å². The number of piperidine rings is 1. The molecule has 1 unspecified atom stereocenters. The van der Waals surface area contributed by atoms with Crippen molar-refractivity contribution in [1.82, 2.24) is 19.7 Å². The van der Waals surface area contributed by atoms with Gasteiger partial charge in [-0.3, -0.25) is 4.90 Å². The van der Waals surface area contributed by atoms with Crippen LogP contribution in [0.2, 0.25) is 0 Å². The van der Waals surface area contributed by atoms with Crippen LogP contribution in [-0.2, 0) is 6.54 Å². The zero-order valence-electron chi connectivity index (χ0n) is 12.0. The molecule has 6 heteroatoms. The van der Waals surface area contributed by atoms with Gasteiger partial charge in [0.25, 0.3) is 0 Å². The Morgan fingerprint density at radius 1 is 1.53 bits per heavy atom. The van der Waals surface area contributed by atoms with Crippen molar-refractivity contribution in [3.8, 4) is 0 Å². The average molecular weight is 265 g/mol. The van der Waals surface area contributed by atoms with Gasteiger partial charge in [-0.2, -0.15) is 5.10 Å². The van der Waals surface area contributed by atoms with Crippen molar-refractivity contribution in [2.75, 3.05) is 13.1 Å². The molecule has 2 heterocycles. The third-order valence-electron chi connectivity index (χ3n) is 3.76. The summed E-state index contributed by atoms with van der Waals surface area (Å²) >= 11 is 0. The van der Waals surface area contributed by atoms with Gasteiger partial charge in [0.1, 0.15) is 12.2 Å². The second-order valence-corrected chi connectivity index (χ2v) is 5.40. The lowest BCUT2D eigenvalue weighted by Gasteiger charge is -2.32. The number of hydrogen-bond acceptors (Lipinski definition) is 5. The monoisotopic (exact) mass is 265 g/mol. The number of aromatic nitrogens is 3. The van der Waals surface area contributed by atoms with Gasteiger partial charge in [0.15, 0.2) is 0 Å². The molecule has 0 radical (unpaired) electrons. The van der Waals surface area contributed by atoms with Crippen LogP contribution in [0.5, 0.6) is 0 Å². The van der Waals surface area contributed by atoms with Crippen molar-refractivity contribution in [1.29, 1.82) is 0 Å². The number of hydrogen-bond donors (Lipinski definition) is 1. The minimum absolute atomic E-state index is 0.332. The summed E-state index contributed by atoms with van der Waals surface area (Å²) in [5, 5.41) is 16.7. The molecule has 0 amide bonds. The summed E-state index contributed by atoms with van der Waals surface area (Å²) < 4.78 is 1.97. The molecule has 0 spiro atoms. The van der Waals surface area contributed by atoms with E-state index in [1.807, 2.05) is 4.68 Å². The third kappa shape index (κ3) is 3.12. The molecule has 0 bridgehead atoms. The fraction of sp³-hybridized carbons (Fsp3) is 0.769. The molecule has 1 fully saturated rings. The minimum atomic E-state index is 0.332. The molecule has 0 aliphatic carbocycles. The Morgan fingerprint density at radius 2 is 2.32 bits per heavy atom. The molecule has 1 aliphatic heterocycles. The average Bonchev–Trinajstić information content (AvgIpc) is 2.87. The van der Waals surface area contributed by atoms with Gasteiger partial charge in [-0.15, -0.1) is 0 Å². The van der Waals surface area contributed by atoms with Gasteiger partial charge in [-0.25, -0.2) is 9.67 Å². The van der Waals surface area contributed by atoms with Crippen molar-refractivity contribution in [2.24, 2.45) is 11.1 Å². The van der Waals surface area contributed by atoms with Crippen molar-refractivity contribution in [2.45, 2.75) is 46.2 Å². The maximum absolute atomic E-state index is 9.00. The fourth-order valence-electron chi connectivity index (χ4n) is 2.64. The maximum Gasteiger partial charge on any atom is 0.141 e. The highest BCUT2D eigenvalue weighted by molar-refractivity contribution is 5.87. The Kier molecular flexibility index (Phi) is 4.52. The molecule has 1 saturated heterocycles. The zero-order chi connectivity index (χ0) is 13.8. The number of nitrogens with zero attached hydrogens (tertiary/aromatic N) is 5. The van der Waals surface area contributed by atoms with Gasteiger partial charge in [0.2, 0.25) is 0 Å². The largest absolute Gasteiger partial charge is 0.411 e. The van der Waals surface area contributed by atoms with Gasteiger partial charge in [0, 0.05) is 31.5 Å². The lowest BCUT2D eigenvalue weighted by molar-refractivity contribution is 0.211. The van der Waals surface area contributed by atoms with Crippen LogP contribution in [0.3, 0.4) is 0 Å². The molecule has 1 atom stereocenters. The van der Waals surface area contributed by atoms with E-state index in [0.717, 1.165) is 44.0 Å². The van der Waals surface area contributed by atoms with Gasteiger partial charge in [0.05, 0.1) is 12.3 Å². The van der Waals surface area contributed by atoms with E-state index in [9.17, 15) is 0 Å². The fourth-order valence-corrected chi connectivity index (χ4v) is 2.64. The highest BCUT2D eigenvalue weighted by Crippen LogP contribution is 2.19. The molecule has 0 saturated carbocycles. The summed E-state index contributed by atoms with van der Waals surface area (Å²) in [6.07, 6.45) is 3.47. The lowest BCUT2D eigenvalue weighted by Crippen LogP contribution is -2.40. The Hall–Kier alpha value is -1.43. The Bertz CT molecular complexity index is 440. The number of oxime groups is 1. The quantitative estimate of drug-likeness (QED) is 0.667. The summed E-state index contributed by atoms with van der Waals surface area (Å²) in [7, 11) is 0. The molecule has 1 aromatic heterocycles. The number of likely N-dealkylation sites (tertiary alicyclic amines) is 1. The Morgan fingerprint density at radius 3 is 2.95 bits per heavy atom. The Labute approximate surface area is 114 Å². The molecule has 19 heavy (non-hydrogen) atoms. The van der Waals surface area contributed by atoms with Gasteiger partial charge in [-0.05, 0) is 20.3 Å². The zero-order valence-corrected chi connectivity index (χ0v) is 12.0. The highest BCUT2D eigenvalue weighted by Gasteiger charge is 2.25. The summed E-state index contributed by atoms with van der Waals surface area (Å²) in [5.41, 5.74) is 0.934. The van der Waals surface area contributed by atoms with Gasteiger partial charge in [-0.1, -0.05) is 12.1 Å². The van der Waals surface area contributed by atoms with E-state index in [4.69, 9.17) is 5.21 Å². The SMILES string of the molecule is CCC1CN(Cc2ncnn2C(C)C)CCC1=NO. The van der Waals surface area contributed by atoms with E-state index in [0.29, 0.717) is 12.0 Å². The van der Waals surface area contributed by atoms with Gasteiger partial charge < -0.3 is 5.21 Å². The summed E-state index contributed by atoms with van der Waals surface area (Å²) in [6.45, 7) is 9.02. The molecule has 106 valence electrons. The first kappa shape index (κ1) is 14.0. The smallest absolute Gasteiger partial charge is 0.141 e. The maximum atomic E-state index is 9.00. The predicted octanol–water partition coefficient (Wildman–Crippen LogP) is 1.92. The summed E-state index contributed by atoms with van der Waals surface area (Å²) in [5.74, 6) is 1.36. The van der Waals surface area contributed by atoms with Crippen LogP contribution in [0, 0.1) is 5.92 Å². The molecule has 0 aromatic carbocycles. The summed E-state index contributed by atoms with van der Waals surface area (Å²) in [6, 6.07) is 0.332. The Balaban J connectivity index is 2.02. The molecule has 1 N–H and O–H groups in total. The van der Waals surface area contributed by atoms with Crippen molar-refractivity contribution >= 4 is 5.71 Å². The van der Waals surface area contributed by atoms with Crippen LogP contribution >= 0.6 is 0 Å². The van der Waals surface area contributed by atoms with E-state index in [1.165, 1.54) is 0 Å². The topological polar surface area (TPSA) is 66.5 Å². The lowest BCUT2D eigenvalue weighted by atomic mass is 9.93. The standard InChI is InChI=1S/C13H23N5O/c1-4-11-7-17(6-5-12(11)16-19)8-13-14-9-15-18(13)10(2)3/h9-11,19H,4-8H2,1-3H3. The first-order valence-corrected chi connectivity index (χ1v) is 6.97.